The molecule has 14 rings (SSSR count). The third-order valence-electron chi connectivity index (χ3n) is 14.2. The molecular formula is C63H40N2O. The van der Waals surface area contributed by atoms with Gasteiger partial charge in [-0.2, -0.15) is 0 Å². The van der Waals surface area contributed by atoms with Gasteiger partial charge in [-0.3, -0.25) is 0 Å². The van der Waals surface area contributed by atoms with E-state index in [4.69, 9.17) is 4.42 Å². The van der Waals surface area contributed by atoms with Gasteiger partial charge in [0.2, 0.25) is 0 Å². The van der Waals surface area contributed by atoms with Gasteiger partial charge in [0.1, 0.15) is 11.2 Å². The van der Waals surface area contributed by atoms with Gasteiger partial charge in [-0.25, -0.2) is 0 Å². The maximum atomic E-state index is 7.25. The third-order valence-corrected chi connectivity index (χ3v) is 14.2. The molecule has 1 aromatic heterocycles. The Morgan fingerprint density at radius 1 is 0.318 bits per heavy atom. The van der Waals surface area contributed by atoms with Gasteiger partial charge in [-0.05, 0) is 139 Å². The van der Waals surface area contributed by atoms with Crippen LogP contribution in [0, 0.1) is 0 Å². The lowest BCUT2D eigenvalue weighted by Crippen LogP contribution is -2.26. The standard InChI is InChI=1S/C63H40N2O/c1-5-19-42(20-6-1)64(43-21-7-2-8-22-43)46-34-37-48-41(39-46)33-36-53-59-61(63(60(48)53)55-30-16-13-27-49(55)50-28-14-17-31-56(50)63)51-38-35-47(40-54(51)58-52-29-15-18-32-57(52)66-62(58)59)65(44-23-9-3-10-24-44)45-25-11-4-12-26-45/h1-40H. The summed E-state index contributed by atoms with van der Waals surface area (Å²) in [5, 5.41) is 7.07. The molecule has 0 saturated heterocycles. The quantitative estimate of drug-likeness (QED) is 0.166. The second-order valence-corrected chi connectivity index (χ2v) is 17.5. The zero-order chi connectivity index (χ0) is 43.3. The van der Waals surface area contributed by atoms with Crippen molar-refractivity contribution in [3.63, 3.8) is 0 Å². The molecule has 12 aromatic rings. The van der Waals surface area contributed by atoms with Crippen LogP contribution in [0.3, 0.4) is 0 Å². The highest BCUT2D eigenvalue weighted by Gasteiger charge is 2.54. The van der Waals surface area contributed by atoms with E-state index in [1.54, 1.807) is 0 Å². The molecule has 11 aromatic carbocycles. The first-order chi connectivity index (χ1) is 32.8. The van der Waals surface area contributed by atoms with Crippen LogP contribution in [0.4, 0.5) is 34.1 Å². The van der Waals surface area contributed by atoms with E-state index in [-0.39, 0.29) is 0 Å². The molecule has 0 amide bonds. The number of para-hydroxylation sites is 5. The van der Waals surface area contributed by atoms with Gasteiger partial charge in [-0.15, -0.1) is 0 Å². The van der Waals surface area contributed by atoms with Crippen molar-refractivity contribution < 1.29 is 4.42 Å². The van der Waals surface area contributed by atoms with E-state index in [1.807, 2.05) is 0 Å². The lowest BCUT2D eigenvalue weighted by atomic mass is 9.68. The summed E-state index contributed by atoms with van der Waals surface area (Å²) in [4.78, 5) is 4.72. The van der Waals surface area contributed by atoms with Crippen molar-refractivity contribution >= 4 is 77.6 Å². The van der Waals surface area contributed by atoms with Crippen molar-refractivity contribution in [3.8, 4) is 22.3 Å². The molecule has 0 aliphatic heterocycles. The average molecular weight is 841 g/mol. The maximum absolute atomic E-state index is 7.25. The molecule has 2 aliphatic carbocycles. The van der Waals surface area contributed by atoms with Crippen molar-refractivity contribution in [2.75, 3.05) is 9.80 Å². The highest BCUT2D eigenvalue weighted by Crippen LogP contribution is 2.67. The van der Waals surface area contributed by atoms with E-state index < -0.39 is 5.41 Å². The molecule has 0 unspecified atom stereocenters. The van der Waals surface area contributed by atoms with Gasteiger partial charge in [0, 0.05) is 50.5 Å². The molecule has 0 saturated carbocycles. The molecule has 0 radical (unpaired) electrons. The van der Waals surface area contributed by atoms with E-state index >= 15 is 0 Å². The molecule has 0 N–H and O–H groups in total. The summed E-state index contributed by atoms with van der Waals surface area (Å²) in [7, 11) is 0. The summed E-state index contributed by atoms with van der Waals surface area (Å²) in [6.45, 7) is 0. The van der Waals surface area contributed by atoms with Crippen molar-refractivity contribution in [3.05, 3.63) is 265 Å². The van der Waals surface area contributed by atoms with E-state index in [0.29, 0.717) is 0 Å². The molecule has 0 fully saturated rings. The molecule has 0 bridgehead atoms. The first-order valence-electron chi connectivity index (χ1n) is 22.8. The first kappa shape index (κ1) is 36.8. The van der Waals surface area contributed by atoms with E-state index in [2.05, 4.69) is 252 Å². The monoisotopic (exact) mass is 840 g/mol. The van der Waals surface area contributed by atoms with Gasteiger partial charge >= 0.3 is 0 Å². The molecule has 3 nitrogen and oxygen atoms in total. The Balaban J connectivity index is 1.12. The van der Waals surface area contributed by atoms with E-state index in [1.165, 1.54) is 66.1 Å². The lowest BCUT2D eigenvalue weighted by Gasteiger charge is -2.33. The van der Waals surface area contributed by atoms with Crippen molar-refractivity contribution in [1.29, 1.82) is 0 Å². The Kier molecular flexibility index (Phi) is 7.90. The molecule has 3 heteroatoms. The highest BCUT2D eigenvalue weighted by atomic mass is 16.3. The Hall–Kier alpha value is -8.66. The summed E-state index contributed by atoms with van der Waals surface area (Å²) in [6, 6.07) is 88.5. The zero-order valence-electron chi connectivity index (χ0n) is 35.9. The molecule has 0 atom stereocenters. The lowest BCUT2D eigenvalue weighted by molar-refractivity contribution is 0.669. The van der Waals surface area contributed by atoms with Crippen LogP contribution in [0.2, 0.25) is 0 Å². The number of benzene rings is 11. The topological polar surface area (TPSA) is 19.6 Å². The summed E-state index contributed by atoms with van der Waals surface area (Å²) < 4.78 is 7.25. The Morgan fingerprint density at radius 2 is 0.803 bits per heavy atom. The molecular weight excluding hydrogens is 801 g/mol. The fraction of sp³-hybridized carbons (Fsp3) is 0.0159. The minimum absolute atomic E-state index is 0.650. The minimum Gasteiger partial charge on any atom is -0.455 e. The molecule has 2 aliphatic rings. The number of nitrogens with zero attached hydrogens (tertiary/aromatic N) is 2. The Bertz CT molecular complexity index is 3750. The Morgan fingerprint density at radius 3 is 1.38 bits per heavy atom. The summed E-state index contributed by atoms with van der Waals surface area (Å²) in [5.41, 5.74) is 17.9. The smallest absolute Gasteiger partial charge is 0.144 e. The van der Waals surface area contributed by atoms with Crippen LogP contribution in [0.1, 0.15) is 22.3 Å². The predicted molar refractivity (Wildman–Crippen MR) is 274 cm³/mol. The SMILES string of the molecule is c1ccc(N(c2ccccc2)c2ccc3c4c(ccc3c2)-c2c(c3ccc(N(c5ccccc5)c5ccccc5)cc3c3c2oc2ccccc23)C42c3ccccc3-c3ccccc32)cc1. The van der Waals surface area contributed by atoms with Gasteiger partial charge in [-0.1, -0.05) is 164 Å². The summed E-state index contributed by atoms with van der Waals surface area (Å²) in [6.07, 6.45) is 0. The van der Waals surface area contributed by atoms with Crippen LogP contribution in [-0.2, 0) is 5.41 Å². The number of anilines is 6. The molecule has 1 spiro atoms. The molecule has 66 heavy (non-hydrogen) atoms. The van der Waals surface area contributed by atoms with Crippen LogP contribution < -0.4 is 9.80 Å². The first-order valence-corrected chi connectivity index (χ1v) is 22.8. The number of rotatable bonds is 6. The number of fused-ring (bicyclic) bond motifs is 19. The highest BCUT2D eigenvalue weighted by molar-refractivity contribution is 6.27. The van der Waals surface area contributed by atoms with Crippen LogP contribution >= 0.6 is 0 Å². The summed E-state index contributed by atoms with van der Waals surface area (Å²) >= 11 is 0. The minimum atomic E-state index is -0.650. The Labute approximate surface area is 382 Å². The van der Waals surface area contributed by atoms with Gasteiger partial charge < -0.3 is 14.2 Å². The van der Waals surface area contributed by atoms with Gasteiger partial charge in [0.25, 0.3) is 0 Å². The fourth-order valence-electron chi connectivity index (χ4n) is 11.6. The van der Waals surface area contributed by atoms with Gasteiger partial charge in [0.05, 0.1) is 5.41 Å². The van der Waals surface area contributed by atoms with Crippen molar-refractivity contribution in [2.24, 2.45) is 0 Å². The average Bonchev–Trinajstić information content (AvgIpc) is 4.03. The molecule has 308 valence electrons. The number of hydrogen-bond donors (Lipinski definition) is 0. The van der Waals surface area contributed by atoms with Crippen LogP contribution in [0.25, 0.3) is 65.7 Å². The van der Waals surface area contributed by atoms with Crippen molar-refractivity contribution in [2.45, 2.75) is 5.41 Å². The second-order valence-electron chi connectivity index (χ2n) is 17.5. The normalized spacial score (nSPS) is 13.0. The number of hydrogen-bond acceptors (Lipinski definition) is 3. The summed E-state index contributed by atoms with van der Waals surface area (Å²) in [5.74, 6) is 0. The van der Waals surface area contributed by atoms with Crippen LogP contribution in [-0.4, -0.2) is 0 Å². The van der Waals surface area contributed by atoms with Crippen LogP contribution in [0.5, 0.6) is 0 Å². The maximum Gasteiger partial charge on any atom is 0.144 e. The van der Waals surface area contributed by atoms with Crippen LogP contribution in [0.15, 0.2) is 247 Å². The largest absolute Gasteiger partial charge is 0.455 e. The predicted octanol–water partition coefficient (Wildman–Crippen LogP) is 17.2. The van der Waals surface area contributed by atoms with Gasteiger partial charge in [0.15, 0.2) is 0 Å². The zero-order valence-corrected chi connectivity index (χ0v) is 35.9. The molecule has 1 heterocycles. The second kappa shape index (κ2) is 14.2. The van der Waals surface area contributed by atoms with E-state index in [0.717, 1.165) is 56.1 Å². The number of furan rings is 1. The fourth-order valence-corrected chi connectivity index (χ4v) is 11.6. The third kappa shape index (κ3) is 5.08. The van der Waals surface area contributed by atoms with Crippen molar-refractivity contribution in [1.82, 2.24) is 0 Å². The van der Waals surface area contributed by atoms with E-state index in [9.17, 15) is 0 Å².